The van der Waals surface area contributed by atoms with Gasteiger partial charge in [-0.1, -0.05) is 12.8 Å². The summed E-state index contributed by atoms with van der Waals surface area (Å²) < 4.78 is 5.44. The second-order valence-corrected chi connectivity index (χ2v) is 5.68. The zero-order valence-corrected chi connectivity index (χ0v) is 11.6. The Morgan fingerprint density at radius 1 is 1.40 bits per heavy atom. The van der Waals surface area contributed by atoms with Crippen LogP contribution in [0.5, 0.6) is 0 Å². The second-order valence-electron chi connectivity index (χ2n) is 5.68. The van der Waals surface area contributed by atoms with E-state index in [0.29, 0.717) is 25.4 Å². The fraction of sp³-hybridized carbons (Fsp3) is 0.643. The first-order valence-electron chi connectivity index (χ1n) is 7.11. The molecule has 1 saturated heterocycles. The molecule has 1 N–H and O–H groups in total. The fourth-order valence-electron chi connectivity index (χ4n) is 3.13. The van der Waals surface area contributed by atoms with Gasteiger partial charge in [0.25, 0.3) is 0 Å². The van der Waals surface area contributed by atoms with E-state index in [-0.39, 0.29) is 11.8 Å². The van der Waals surface area contributed by atoms with Crippen LogP contribution in [0.1, 0.15) is 43.8 Å². The van der Waals surface area contributed by atoms with E-state index in [4.69, 9.17) is 4.42 Å². The lowest BCUT2D eigenvalue weighted by atomic mass is 9.96. The molecule has 1 saturated carbocycles. The molecule has 2 amide bonds. The molecule has 1 spiro atoms. The van der Waals surface area contributed by atoms with E-state index in [0.717, 1.165) is 31.4 Å². The van der Waals surface area contributed by atoms with Gasteiger partial charge in [0.1, 0.15) is 11.3 Å². The number of hydrogen-bond donors (Lipinski definition) is 1. The molecular weight excluding hydrogens is 258 g/mol. The Hall–Kier alpha value is -1.85. The van der Waals surface area contributed by atoms with Gasteiger partial charge >= 0.3 is 0 Å². The molecule has 0 bridgehead atoms. The predicted molar refractivity (Wildman–Crippen MR) is 70.6 cm³/mol. The highest BCUT2D eigenvalue weighted by atomic mass is 16.4. The van der Waals surface area contributed by atoms with Crippen LogP contribution in [0.2, 0.25) is 0 Å². The molecule has 108 valence electrons. The average molecular weight is 277 g/mol. The number of oxazole rings is 1. The number of carbonyl (C=O) groups excluding carboxylic acids is 2. The van der Waals surface area contributed by atoms with E-state index < -0.39 is 5.54 Å². The summed E-state index contributed by atoms with van der Waals surface area (Å²) in [6.07, 6.45) is 5.42. The van der Waals surface area contributed by atoms with Crippen LogP contribution in [0.3, 0.4) is 0 Å². The number of hydrogen-bond acceptors (Lipinski definition) is 4. The van der Waals surface area contributed by atoms with Crippen LogP contribution in [-0.2, 0) is 16.1 Å². The summed E-state index contributed by atoms with van der Waals surface area (Å²) >= 11 is 0. The number of aromatic nitrogens is 1. The van der Waals surface area contributed by atoms with Crippen LogP contribution in [0.15, 0.2) is 10.6 Å². The first-order chi connectivity index (χ1) is 9.59. The Bertz CT molecular complexity index is 532. The monoisotopic (exact) mass is 277 g/mol. The number of carbonyl (C=O) groups is 2. The normalized spacial score (nSPS) is 22.1. The molecule has 2 heterocycles. The molecule has 20 heavy (non-hydrogen) atoms. The summed E-state index contributed by atoms with van der Waals surface area (Å²) in [5.41, 5.74) is -0.685. The molecule has 1 aliphatic carbocycles. The van der Waals surface area contributed by atoms with Crippen LogP contribution < -0.4 is 5.32 Å². The largest absolute Gasteiger partial charge is 0.444 e. The minimum Gasteiger partial charge on any atom is -0.444 e. The molecule has 0 unspecified atom stereocenters. The minimum atomic E-state index is -0.685. The number of rotatable bonds is 2. The summed E-state index contributed by atoms with van der Waals surface area (Å²) in [6, 6.07) is 0. The van der Waals surface area contributed by atoms with E-state index >= 15 is 0 Å². The van der Waals surface area contributed by atoms with Crippen molar-refractivity contribution in [1.29, 1.82) is 0 Å². The highest BCUT2D eigenvalue weighted by Crippen LogP contribution is 2.33. The number of nitrogens with zero attached hydrogens (tertiary/aromatic N) is 2. The molecule has 1 aliphatic heterocycles. The second kappa shape index (κ2) is 4.92. The lowest BCUT2D eigenvalue weighted by molar-refractivity contribution is -0.139. The van der Waals surface area contributed by atoms with Gasteiger partial charge in [-0.15, -0.1) is 0 Å². The SMILES string of the molecule is Cc1cnc(CN2CCC(=O)NC3(CCCC3)C2=O)o1. The summed E-state index contributed by atoms with van der Waals surface area (Å²) in [6.45, 7) is 2.58. The van der Waals surface area contributed by atoms with Crippen molar-refractivity contribution in [1.82, 2.24) is 15.2 Å². The van der Waals surface area contributed by atoms with Gasteiger partial charge in [0.15, 0.2) is 0 Å². The highest BCUT2D eigenvalue weighted by molar-refractivity contribution is 5.93. The topological polar surface area (TPSA) is 75.4 Å². The number of nitrogens with one attached hydrogen (secondary N) is 1. The Morgan fingerprint density at radius 2 is 2.15 bits per heavy atom. The van der Waals surface area contributed by atoms with Gasteiger partial charge in [0, 0.05) is 13.0 Å². The first-order valence-corrected chi connectivity index (χ1v) is 7.11. The zero-order valence-electron chi connectivity index (χ0n) is 11.6. The summed E-state index contributed by atoms with van der Waals surface area (Å²) in [4.78, 5) is 30.5. The molecule has 0 atom stereocenters. The molecule has 0 radical (unpaired) electrons. The van der Waals surface area contributed by atoms with Crippen LogP contribution in [0, 0.1) is 6.92 Å². The molecular formula is C14H19N3O3. The van der Waals surface area contributed by atoms with Crippen molar-refractivity contribution in [2.24, 2.45) is 0 Å². The fourth-order valence-corrected chi connectivity index (χ4v) is 3.13. The smallest absolute Gasteiger partial charge is 0.248 e. The van der Waals surface area contributed by atoms with Crippen molar-refractivity contribution in [3.05, 3.63) is 17.8 Å². The van der Waals surface area contributed by atoms with Crippen molar-refractivity contribution in [2.45, 2.75) is 51.1 Å². The molecule has 2 aliphatic rings. The standard InChI is InChI=1S/C14H19N3O3/c1-10-8-15-12(20-10)9-17-7-4-11(18)16-14(13(17)19)5-2-3-6-14/h8H,2-7,9H2,1H3,(H,16,18). The summed E-state index contributed by atoms with van der Waals surface area (Å²) in [5.74, 6) is 1.23. The summed E-state index contributed by atoms with van der Waals surface area (Å²) in [7, 11) is 0. The van der Waals surface area contributed by atoms with Gasteiger partial charge in [-0.05, 0) is 19.8 Å². The molecule has 3 rings (SSSR count). The molecule has 6 nitrogen and oxygen atoms in total. The van der Waals surface area contributed by atoms with Crippen LogP contribution in [0.25, 0.3) is 0 Å². The van der Waals surface area contributed by atoms with Crippen molar-refractivity contribution in [3.8, 4) is 0 Å². The lowest BCUT2D eigenvalue weighted by Crippen LogP contribution is -2.55. The Morgan fingerprint density at radius 3 is 2.80 bits per heavy atom. The van der Waals surface area contributed by atoms with Gasteiger partial charge in [0.05, 0.1) is 12.7 Å². The predicted octanol–water partition coefficient (Wildman–Crippen LogP) is 1.14. The van der Waals surface area contributed by atoms with E-state index in [9.17, 15) is 9.59 Å². The summed E-state index contributed by atoms with van der Waals surface area (Å²) in [5, 5.41) is 2.94. The van der Waals surface area contributed by atoms with Gasteiger partial charge < -0.3 is 14.6 Å². The van der Waals surface area contributed by atoms with Crippen molar-refractivity contribution < 1.29 is 14.0 Å². The Labute approximate surface area is 117 Å². The molecule has 1 aromatic rings. The third kappa shape index (κ3) is 2.30. The van der Waals surface area contributed by atoms with E-state index in [1.54, 1.807) is 11.1 Å². The molecule has 0 aromatic carbocycles. The maximum Gasteiger partial charge on any atom is 0.248 e. The van der Waals surface area contributed by atoms with Gasteiger partial charge in [0.2, 0.25) is 17.7 Å². The zero-order chi connectivity index (χ0) is 14.2. The quantitative estimate of drug-likeness (QED) is 0.879. The average Bonchev–Trinajstić information content (AvgIpc) is 3.01. The van der Waals surface area contributed by atoms with E-state index in [2.05, 4.69) is 10.3 Å². The van der Waals surface area contributed by atoms with Crippen molar-refractivity contribution in [3.63, 3.8) is 0 Å². The van der Waals surface area contributed by atoms with Crippen LogP contribution in [-0.4, -0.2) is 33.8 Å². The van der Waals surface area contributed by atoms with Gasteiger partial charge in [-0.25, -0.2) is 4.98 Å². The molecule has 2 fully saturated rings. The van der Waals surface area contributed by atoms with Crippen LogP contribution in [0.4, 0.5) is 0 Å². The number of aryl methyl sites for hydroxylation is 1. The lowest BCUT2D eigenvalue weighted by Gasteiger charge is -2.31. The van der Waals surface area contributed by atoms with Gasteiger partial charge in [-0.3, -0.25) is 9.59 Å². The van der Waals surface area contributed by atoms with E-state index in [1.807, 2.05) is 6.92 Å². The maximum atomic E-state index is 12.8. The highest BCUT2D eigenvalue weighted by Gasteiger charge is 2.46. The van der Waals surface area contributed by atoms with Crippen LogP contribution >= 0.6 is 0 Å². The minimum absolute atomic E-state index is 0.0108. The maximum absolute atomic E-state index is 12.8. The molecule has 6 heteroatoms. The Kier molecular flexibility index (Phi) is 3.23. The third-order valence-corrected chi connectivity index (χ3v) is 4.14. The van der Waals surface area contributed by atoms with Crippen molar-refractivity contribution in [2.75, 3.05) is 6.54 Å². The third-order valence-electron chi connectivity index (χ3n) is 4.14. The van der Waals surface area contributed by atoms with E-state index in [1.165, 1.54) is 0 Å². The first kappa shape index (κ1) is 13.1. The molecule has 1 aromatic heterocycles. The van der Waals surface area contributed by atoms with Gasteiger partial charge in [-0.2, -0.15) is 0 Å². The Balaban J connectivity index is 1.82. The number of amides is 2. The van der Waals surface area contributed by atoms with Crippen molar-refractivity contribution >= 4 is 11.8 Å².